The molecule has 25 heavy (non-hydrogen) atoms. The molecule has 0 atom stereocenters. The number of nitrogens with zero attached hydrogens (tertiary/aromatic N) is 5. The van der Waals surface area contributed by atoms with Gasteiger partial charge in [-0.1, -0.05) is 25.3 Å². The first-order valence-electron chi connectivity index (χ1n) is 9.38. The van der Waals surface area contributed by atoms with E-state index in [1.807, 2.05) is 18.3 Å². The Hall–Kier alpha value is -2.37. The molecule has 0 unspecified atom stereocenters. The summed E-state index contributed by atoms with van der Waals surface area (Å²) < 4.78 is 0. The molecule has 0 aromatic carbocycles. The lowest BCUT2D eigenvalue weighted by Crippen LogP contribution is -2.47. The lowest BCUT2D eigenvalue weighted by atomic mass is 9.95. The Bertz CT molecular complexity index is 663. The highest BCUT2D eigenvalue weighted by Gasteiger charge is 2.20. The fourth-order valence-corrected chi connectivity index (χ4v) is 3.76. The van der Waals surface area contributed by atoms with Gasteiger partial charge in [-0.25, -0.2) is 15.0 Å². The van der Waals surface area contributed by atoms with Crippen molar-refractivity contribution in [1.82, 2.24) is 15.0 Å². The van der Waals surface area contributed by atoms with E-state index in [0.29, 0.717) is 6.04 Å². The minimum absolute atomic E-state index is 0.567. The van der Waals surface area contributed by atoms with Crippen molar-refractivity contribution >= 4 is 17.5 Å². The normalized spacial score (nSPS) is 19.0. The van der Waals surface area contributed by atoms with Gasteiger partial charge in [-0.05, 0) is 25.0 Å². The van der Waals surface area contributed by atoms with Crippen molar-refractivity contribution in [1.29, 1.82) is 0 Å². The first kappa shape index (κ1) is 16.1. The highest BCUT2D eigenvalue weighted by molar-refractivity contribution is 5.50. The third-order valence-corrected chi connectivity index (χ3v) is 5.19. The fraction of sp³-hybridized carbons (Fsp3) is 0.526. The summed E-state index contributed by atoms with van der Waals surface area (Å²) in [6.45, 7) is 3.84. The molecule has 0 radical (unpaired) electrons. The van der Waals surface area contributed by atoms with E-state index in [2.05, 4.69) is 42.2 Å². The van der Waals surface area contributed by atoms with Crippen molar-refractivity contribution < 1.29 is 0 Å². The first-order chi connectivity index (χ1) is 12.4. The summed E-state index contributed by atoms with van der Waals surface area (Å²) in [5, 5.41) is 3.60. The number of nitrogens with one attached hydrogen (secondary N) is 1. The van der Waals surface area contributed by atoms with Gasteiger partial charge in [-0.2, -0.15) is 0 Å². The number of hydrogen-bond donors (Lipinski definition) is 1. The molecular formula is C19H26N6. The van der Waals surface area contributed by atoms with Crippen molar-refractivity contribution in [3.05, 3.63) is 36.8 Å². The lowest BCUT2D eigenvalue weighted by Gasteiger charge is -2.36. The van der Waals surface area contributed by atoms with Crippen LogP contribution in [-0.2, 0) is 0 Å². The van der Waals surface area contributed by atoms with Crippen molar-refractivity contribution in [2.24, 2.45) is 0 Å². The molecule has 2 aliphatic rings. The molecule has 1 aliphatic heterocycles. The Balaban J connectivity index is 1.37. The van der Waals surface area contributed by atoms with Gasteiger partial charge in [0.1, 0.15) is 23.8 Å². The van der Waals surface area contributed by atoms with Crippen LogP contribution in [0.2, 0.25) is 0 Å². The summed E-state index contributed by atoms with van der Waals surface area (Å²) in [6.07, 6.45) is 10.1. The molecule has 1 N–H and O–H groups in total. The Labute approximate surface area is 149 Å². The maximum absolute atomic E-state index is 4.49. The quantitative estimate of drug-likeness (QED) is 0.925. The zero-order valence-electron chi connectivity index (χ0n) is 14.6. The molecule has 1 aliphatic carbocycles. The number of rotatable bonds is 4. The molecule has 0 bridgehead atoms. The average Bonchev–Trinajstić information content (AvgIpc) is 2.70. The topological polar surface area (TPSA) is 57.2 Å². The summed E-state index contributed by atoms with van der Waals surface area (Å²) in [6, 6.07) is 8.75. The highest BCUT2D eigenvalue weighted by atomic mass is 15.3. The molecule has 4 rings (SSSR count). The Morgan fingerprint density at radius 1 is 0.840 bits per heavy atom. The van der Waals surface area contributed by atoms with E-state index >= 15 is 0 Å². The van der Waals surface area contributed by atoms with Crippen LogP contribution in [-0.4, -0.2) is 47.2 Å². The minimum atomic E-state index is 0.567. The van der Waals surface area contributed by atoms with Gasteiger partial charge in [-0.15, -0.1) is 0 Å². The van der Waals surface area contributed by atoms with Gasteiger partial charge in [0.05, 0.1) is 0 Å². The van der Waals surface area contributed by atoms with Gasteiger partial charge >= 0.3 is 0 Å². The van der Waals surface area contributed by atoms with Crippen LogP contribution < -0.4 is 15.1 Å². The second kappa shape index (κ2) is 7.68. The number of pyridine rings is 1. The van der Waals surface area contributed by atoms with Crippen molar-refractivity contribution in [2.45, 2.75) is 38.1 Å². The molecule has 1 saturated heterocycles. The van der Waals surface area contributed by atoms with Gasteiger partial charge in [0.25, 0.3) is 0 Å². The third kappa shape index (κ3) is 4.00. The van der Waals surface area contributed by atoms with E-state index in [1.165, 1.54) is 32.1 Å². The van der Waals surface area contributed by atoms with Gasteiger partial charge in [-0.3, -0.25) is 0 Å². The Morgan fingerprint density at radius 3 is 2.32 bits per heavy atom. The molecule has 6 heteroatoms. The zero-order chi connectivity index (χ0) is 16.9. The standard InChI is InChI=1S/C19H26N6/c1-2-6-16(7-3-1)23-17-14-19(22-15-21-17)25-12-10-24(11-13-25)18-8-4-5-9-20-18/h4-5,8-9,14-16H,1-3,6-7,10-13H2,(H,21,22,23). The van der Waals surface area contributed by atoms with Crippen LogP contribution in [0.25, 0.3) is 0 Å². The number of hydrogen-bond acceptors (Lipinski definition) is 6. The molecule has 2 aromatic rings. The average molecular weight is 338 g/mol. The second-order valence-corrected chi connectivity index (χ2v) is 6.90. The van der Waals surface area contributed by atoms with Gasteiger partial charge in [0, 0.05) is 44.5 Å². The van der Waals surface area contributed by atoms with E-state index in [9.17, 15) is 0 Å². The van der Waals surface area contributed by atoms with Gasteiger partial charge < -0.3 is 15.1 Å². The smallest absolute Gasteiger partial charge is 0.134 e. The third-order valence-electron chi connectivity index (χ3n) is 5.19. The molecule has 6 nitrogen and oxygen atoms in total. The van der Waals surface area contributed by atoms with Crippen molar-refractivity contribution in [2.75, 3.05) is 41.3 Å². The van der Waals surface area contributed by atoms with E-state index in [0.717, 1.165) is 43.6 Å². The van der Waals surface area contributed by atoms with E-state index < -0.39 is 0 Å². The molecule has 3 heterocycles. The highest BCUT2D eigenvalue weighted by Crippen LogP contribution is 2.23. The van der Waals surface area contributed by atoms with Crippen LogP contribution in [0.4, 0.5) is 17.5 Å². The van der Waals surface area contributed by atoms with Crippen LogP contribution in [0.3, 0.4) is 0 Å². The largest absolute Gasteiger partial charge is 0.367 e. The fourth-order valence-electron chi connectivity index (χ4n) is 3.76. The van der Waals surface area contributed by atoms with E-state index in [-0.39, 0.29) is 0 Å². The summed E-state index contributed by atoms with van der Waals surface area (Å²) >= 11 is 0. The molecule has 2 fully saturated rings. The van der Waals surface area contributed by atoms with Crippen molar-refractivity contribution in [3.63, 3.8) is 0 Å². The van der Waals surface area contributed by atoms with E-state index in [4.69, 9.17) is 0 Å². The molecule has 1 saturated carbocycles. The van der Waals surface area contributed by atoms with Crippen LogP contribution in [0, 0.1) is 0 Å². The molecule has 132 valence electrons. The van der Waals surface area contributed by atoms with Crippen LogP contribution >= 0.6 is 0 Å². The SMILES string of the molecule is c1ccc(N2CCN(c3cc(NC4CCCCC4)ncn3)CC2)nc1. The molecular weight excluding hydrogens is 312 g/mol. The number of aromatic nitrogens is 3. The van der Waals surface area contributed by atoms with Crippen molar-refractivity contribution in [3.8, 4) is 0 Å². The summed E-state index contributed by atoms with van der Waals surface area (Å²) in [5.41, 5.74) is 0. The molecule has 2 aromatic heterocycles. The molecule has 0 spiro atoms. The maximum atomic E-state index is 4.49. The van der Waals surface area contributed by atoms with E-state index in [1.54, 1.807) is 6.33 Å². The maximum Gasteiger partial charge on any atom is 0.134 e. The summed E-state index contributed by atoms with van der Waals surface area (Å²) in [5.74, 6) is 3.04. The second-order valence-electron chi connectivity index (χ2n) is 6.90. The lowest BCUT2D eigenvalue weighted by molar-refractivity contribution is 0.462. The van der Waals surface area contributed by atoms with Gasteiger partial charge in [0.2, 0.25) is 0 Å². The zero-order valence-corrected chi connectivity index (χ0v) is 14.6. The van der Waals surface area contributed by atoms with Crippen LogP contribution in [0.1, 0.15) is 32.1 Å². The Kier molecular flexibility index (Phi) is 4.95. The van der Waals surface area contributed by atoms with Crippen LogP contribution in [0.5, 0.6) is 0 Å². The predicted octanol–water partition coefficient (Wildman–Crippen LogP) is 2.94. The minimum Gasteiger partial charge on any atom is -0.367 e. The van der Waals surface area contributed by atoms with Gasteiger partial charge in [0.15, 0.2) is 0 Å². The first-order valence-corrected chi connectivity index (χ1v) is 9.38. The number of piperazine rings is 1. The predicted molar refractivity (Wildman–Crippen MR) is 101 cm³/mol. The monoisotopic (exact) mass is 338 g/mol. The summed E-state index contributed by atoms with van der Waals surface area (Å²) in [4.78, 5) is 18.0. The van der Waals surface area contributed by atoms with Crippen LogP contribution in [0.15, 0.2) is 36.8 Å². The Morgan fingerprint density at radius 2 is 1.60 bits per heavy atom. The number of anilines is 3. The summed E-state index contributed by atoms with van der Waals surface area (Å²) in [7, 11) is 0. The molecule has 0 amide bonds.